The van der Waals surface area contributed by atoms with Gasteiger partial charge in [-0.05, 0) is 31.6 Å². The SMILES string of the molecule is CCN(CCC(N)=NO)C(=O)C1C2CCCC21. The molecule has 1 amide bonds. The fraction of sp³-hybridized carbons (Fsp3) is 0.833. The number of oxime groups is 1. The summed E-state index contributed by atoms with van der Waals surface area (Å²) in [4.78, 5) is 14.1. The average molecular weight is 239 g/mol. The van der Waals surface area contributed by atoms with Crippen LogP contribution in [0, 0.1) is 17.8 Å². The molecule has 96 valence electrons. The van der Waals surface area contributed by atoms with Crippen molar-refractivity contribution < 1.29 is 10.0 Å². The van der Waals surface area contributed by atoms with Gasteiger partial charge in [0.05, 0.1) is 0 Å². The number of fused-ring (bicyclic) bond motifs is 1. The van der Waals surface area contributed by atoms with Crippen LogP contribution in [0.2, 0.25) is 0 Å². The third-order valence-corrected chi connectivity index (χ3v) is 4.15. The maximum absolute atomic E-state index is 12.2. The van der Waals surface area contributed by atoms with E-state index in [0.29, 0.717) is 31.3 Å². The molecular formula is C12H21N3O2. The lowest BCUT2D eigenvalue weighted by Crippen LogP contribution is -2.35. The minimum atomic E-state index is 0.187. The summed E-state index contributed by atoms with van der Waals surface area (Å²) in [7, 11) is 0. The first-order chi connectivity index (χ1) is 8.19. The molecule has 2 fully saturated rings. The second-order valence-corrected chi connectivity index (χ2v) is 5.04. The predicted octanol–water partition coefficient (Wildman–Crippen LogP) is 1.02. The minimum Gasteiger partial charge on any atom is -0.409 e. The maximum Gasteiger partial charge on any atom is 0.226 e. The number of amidine groups is 1. The monoisotopic (exact) mass is 239 g/mol. The van der Waals surface area contributed by atoms with Crippen LogP contribution in [0.4, 0.5) is 0 Å². The fourth-order valence-electron chi connectivity index (χ4n) is 3.12. The van der Waals surface area contributed by atoms with E-state index in [4.69, 9.17) is 10.9 Å². The number of amides is 1. The molecule has 0 saturated heterocycles. The molecule has 2 rings (SSSR count). The van der Waals surface area contributed by atoms with Gasteiger partial charge in [-0.15, -0.1) is 0 Å². The van der Waals surface area contributed by atoms with Crippen molar-refractivity contribution in [3.05, 3.63) is 0 Å². The van der Waals surface area contributed by atoms with Crippen LogP contribution < -0.4 is 5.73 Å². The van der Waals surface area contributed by atoms with Gasteiger partial charge < -0.3 is 15.8 Å². The van der Waals surface area contributed by atoms with Gasteiger partial charge in [0.1, 0.15) is 5.84 Å². The number of carbonyl (C=O) groups is 1. The summed E-state index contributed by atoms with van der Waals surface area (Å²) in [5.41, 5.74) is 5.42. The molecule has 0 heterocycles. The van der Waals surface area contributed by atoms with Crippen LogP contribution in [0.1, 0.15) is 32.6 Å². The second kappa shape index (κ2) is 4.94. The number of nitrogens with zero attached hydrogens (tertiary/aromatic N) is 2. The third kappa shape index (κ3) is 2.37. The highest BCUT2D eigenvalue weighted by atomic mass is 16.4. The van der Waals surface area contributed by atoms with Gasteiger partial charge in [-0.2, -0.15) is 0 Å². The molecule has 0 radical (unpaired) electrons. The topological polar surface area (TPSA) is 78.9 Å². The fourth-order valence-corrected chi connectivity index (χ4v) is 3.12. The van der Waals surface area contributed by atoms with Crippen LogP contribution in [0.5, 0.6) is 0 Å². The van der Waals surface area contributed by atoms with Crippen LogP contribution in [0.15, 0.2) is 5.16 Å². The first kappa shape index (κ1) is 12.2. The average Bonchev–Trinajstić information content (AvgIpc) is 2.82. The van der Waals surface area contributed by atoms with E-state index in [0.717, 1.165) is 0 Å². The number of nitrogens with two attached hydrogens (primary N) is 1. The van der Waals surface area contributed by atoms with E-state index in [1.807, 2.05) is 11.8 Å². The van der Waals surface area contributed by atoms with Gasteiger partial charge in [-0.1, -0.05) is 11.6 Å². The molecule has 0 bridgehead atoms. The van der Waals surface area contributed by atoms with Gasteiger partial charge in [0.25, 0.3) is 0 Å². The summed E-state index contributed by atoms with van der Waals surface area (Å²) in [5, 5.41) is 11.4. The molecule has 0 aliphatic heterocycles. The Balaban J connectivity index is 1.84. The van der Waals surface area contributed by atoms with E-state index in [1.54, 1.807) is 0 Å². The summed E-state index contributed by atoms with van der Waals surface area (Å²) in [6.45, 7) is 3.23. The Morgan fingerprint density at radius 1 is 1.47 bits per heavy atom. The van der Waals surface area contributed by atoms with Gasteiger partial charge in [0.2, 0.25) is 5.91 Å². The van der Waals surface area contributed by atoms with Crippen LogP contribution in [0.3, 0.4) is 0 Å². The molecule has 0 spiro atoms. The smallest absolute Gasteiger partial charge is 0.226 e. The van der Waals surface area contributed by atoms with Crippen molar-refractivity contribution in [2.24, 2.45) is 28.6 Å². The van der Waals surface area contributed by atoms with Crippen molar-refractivity contribution in [2.45, 2.75) is 32.6 Å². The van der Waals surface area contributed by atoms with E-state index in [-0.39, 0.29) is 17.7 Å². The Labute approximate surface area is 102 Å². The van der Waals surface area contributed by atoms with Gasteiger partial charge in [-0.25, -0.2) is 0 Å². The highest BCUT2D eigenvalue weighted by Crippen LogP contribution is 2.58. The summed E-state index contributed by atoms with van der Waals surface area (Å²) in [5.74, 6) is 2.04. The second-order valence-electron chi connectivity index (χ2n) is 5.04. The Hall–Kier alpha value is -1.26. The lowest BCUT2D eigenvalue weighted by atomic mass is 10.1. The highest BCUT2D eigenvalue weighted by Gasteiger charge is 2.57. The Morgan fingerprint density at radius 2 is 2.12 bits per heavy atom. The maximum atomic E-state index is 12.2. The largest absolute Gasteiger partial charge is 0.409 e. The van der Waals surface area contributed by atoms with Crippen LogP contribution in [-0.4, -0.2) is 34.9 Å². The first-order valence-electron chi connectivity index (χ1n) is 6.44. The Bertz CT molecular complexity index is 320. The first-order valence-corrected chi connectivity index (χ1v) is 6.44. The van der Waals surface area contributed by atoms with Crippen LogP contribution in [0.25, 0.3) is 0 Å². The van der Waals surface area contributed by atoms with E-state index in [1.165, 1.54) is 19.3 Å². The van der Waals surface area contributed by atoms with E-state index < -0.39 is 0 Å². The van der Waals surface area contributed by atoms with Crippen molar-refractivity contribution in [1.82, 2.24) is 4.90 Å². The summed E-state index contributed by atoms with van der Waals surface area (Å²) < 4.78 is 0. The molecule has 5 heteroatoms. The molecule has 5 nitrogen and oxygen atoms in total. The molecule has 3 N–H and O–H groups in total. The lowest BCUT2D eigenvalue weighted by Gasteiger charge is -2.21. The lowest BCUT2D eigenvalue weighted by molar-refractivity contribution is -0.133. The van der Waals surface area contributed by atoms with Gasteiger partial charge in [-0.3, -0.25) is 4.79 Å². The molecule has 2 aliphatic carbocycles. The van der Waals surface area contributed by atoms with Crippen LogP contribution >= 0.6 is 0 Å². The molecule has 17 heavy (non-hydrogen) atoms. The minimum absolute atomic E-state index is 0.187. The molecule has 2 aliphatic rings. The quantitative estimate of drug-likeness (QED) is 0.325. The standard InChI is InChI=1S/C12H21N3O2/c1-2-15(7-6-10(13)14-17)12(16)11-8-4-3-5-9(8)11/h8-9,11,17H,2-7H2,1H3,(H2,13,14). The highest BCUT2D eigenvalue weighted by molar-refractivity contribution is 5.84. The number of rotatable bonds is 5. The zero-order valence-corrected chi connectivity index (χ0v) is 10.3. The molecule has 0 aromatic carbocycles. The van der Waals surface area contributed by atoms with Crippen molar-refractivity contribution in [3.63, 3.8) is 0 Å². The van der Waals surface area contributed by atoms with Crippen molar-refractivity contribution >= 4 is 11.7 Å². The normalized spacial score (nSPS) is 31.1. The Kier molecular flexibility index (Phi) is 3.54. The molecular weight excluding hydrogens is 218 g/mol. The van der Waals surface area contributed by atoms with Crippen molar-refractivity contribution in [2.75, 3.05) is 13.1 Å². The molecule has 2 unspecified atom stereocenters. The number of carbonyl (C=O) groups excluding carboxylic acids is 1. The summed E-state index contributed by atoms with van der Waals surface area (Å²) in [6, 6.07) is 0. The van der Waals surface area contributed by atoms with Crippen LogP contribution in [-0.2, 0) is 4.79 Å². The van der Waals surface area contributed by atoms with E-state index in [9.17, 15) is 4.79 Å². The predicted molar refractivity (Wildman–Crippen MR) is 64.6 cm³/mol. The Morgan fingerprint density at radius 3 is 2.65 bits per heavy atom. The molecule has 0 aromatic rings. The zero-order chi connectivity index (χ0) is 12.4. The van der Waals surface area contributed by atoms with Crippen molar-refractivity contribution in [1.29, 1.82) is 0 Å². The van der Waals surface area contributed by atoms with Gasteiger partial charge >= 0.3 is 0 Å². The van der Waals surface area contributed by atoms with E-state index >= 15 is 0 Å². The summed E-state index contributed by atoms with van der Waals surface area (Å²) in [6.07, 6.45) is 4.17. The number of hydrogen-bond donors (Lipinski definition) is 2. The van der Waals surface area contributed by atoms with Crippen molar-refractivity contribution in [3.8, 4) is 0 Å². The van der Waals surface area contributed by atoms with E-state index in [2.05, 4.69) is 5.16 Å². The van der Waals surface area contributed by atoms with Gasteiger partial charge in [0, 0.05) is 25.4 Å². The third-order valence-electron chi connectivity index (χ3n) is 4.15. The summed E-state index contributed by atoms with van der Waals surface area (Å²) >= 11 is 0. The molecule has 0 aromatic heterocycles. The zero-order valence-electron chi connectivity index (χ0n) is 10.3. The molecule has 2 saturated carbocycles. The van der Waals surface area contributed by atoms with Gasteiger partial charge in [0.15, 0.2) is 0 Å². The number of hydrogen-bond acceptors (Lipinski definition) is 3. The molecule has 2 atom stereocenters.